The van der Waals surface area contributed by atoms with E-state index in [4.69, 9.17) is 5.73 Å². The lowest BCUT2D eigenvalue weighted by molar-refractivity contribution is 0.647. The highest BCUT2D eigenvalue weighted by molar-refractivity contribution is 7.98. The van der Waals surface area contributed by atoms with Crippen molar-refractivity contribution in [3.63, 3.8) is 0 Å². The molecule has 1 aromatic carbocycles. The number of aromatic nitrogens is 1. The number of thioether (sulfide) groups is 1. The van der Waals surface area contributed by atoms with Gasteiger partial charge in [0.25, 0.3) is 0 Å². The highest BCUT2D eigenvalue weighted by atomic mass is 32.2. The Morgan fingerprint density at radius 3 is 2.89 bits per heavy atom. The molecule has 2 rings (SSSR count). The fourth-order valence-electron chi connectivity index (χ4n) is 2.40. The number of nitrogens with zero attached hydrogens (tertiary/aromatic N) is 1. The molecule has 1 heterocycles. The van der Waals surface area contributed by atoms with Crippen molar-refractivity contribution in [1.29, 1.82) is 0 Å². The summed E-state index contributed by atoms with van der Waals surface area (Å²) >= 11 is 1.91. The van der Waals surface area contributed by atoms with Gasteiger partial charge < -0.3 is 10.3 Å². The molecule has 104 valence electrons. The van der Waals surface area contributed by atoms with Crippen LogP contribution in [0.3, 0.4) is 0 Å². The molecule has 2 nitrogen and oxygen atoms in total. The van der Waals surface area contributed by atoms with Gasteiger partial charge >= 0.3 is 0 Å². The summed E-state index contributed by atoms with van der Waals surface area (Å²) in [5, 5.41) is 1.34. The Hall–Kier alpha value is -0.930. The number of hydrogen-bond acceptors (Lipinski definition) is 2. The van der Waals surface area contributed by atoms with Crippen molar-refractivity contribution >= 4 is 22.7 Å². The summed E-state index contributed by atoms with van der Waals surface area (Å²) in [6.07, 6.45) is 7.61. The highest BCUT2D eigenvalue weighted by Gasteiger charge is 2.05. The van der Waals surface area contributed by atoms with Crippen LogP contribution in [0, 0.1) is 0 Å². The summed E-state index contributed by atoms with van der Waals surface area (Å²) in [7, 11) is 0. The van der Waals surface area contributed by atoms with E-state index in [1.807, 2.05) is 11.8 Å². The molecule has 19 heavy (non-hydrogen) atoms. The van der Waals surface area contributed by atoms with E-state index in [1.165, 1.54) is 28.6 Å². The van der Waals surface area contributed by atoms with E-state index in [0.717, 1.165) is 19.4 Å². The van der Waals surface area contributed by atoms with Crippen LogP contribution < -0.4 is 5.73 Å². The smallest absolute Gasteiger partial charge is 0.0480 e. The van der Waals surface area contributed by atoms with Crippen molar-refractivity contribution in [1.82, 2.24) is 4.57 Å². The van der Waals surface area contributed by atoms with Gasteiger partial charge in [0.15, 0.2) is 0 Å². The minimum atomic E-state index is 0.279. The summed E-state index contributed by atoms with van der Waals surface area (Å²) in [5.74, 6) is 1.23. The average Bonchev–Trinajstić information content (AvgIpc) is 2.81. The Balaban J connectivity index is 2.12. The van der Waals surface area contributed by atoms with Gasteiger partial charge in [-0.3, -0.25) is 0 Å². The van der Waals surface area contributed by atoms with E-state index in [2.05, 4.69) is 48.2 Å². The fourth-order valence-corrected chi connectivity index (χ4v) is 2.82. The molecule has 0 saturated heterocycles. The third kappa shape index (κ3) is 3.77. The Kier molecular flexibility index (Phi) is 5.34. The van der Waals surface area contributed by atoms with Gasteiger partial charge in [-0.15, -0.1) is 0 Å². The van der Waals surface area contributed by atoms with E-state index in [0.29, 0.717) is 0 Å². The molecule has 0 aliphatic heterocycles. The summed E-state index contributed by atoms with van der Waals surface area (Å²) in [6.45, 7) is 3.25. The SMILES string of the molecule is CCC(N)Cc1ccc2c(ccn2CCCSC)c1. The van der Waals surface area contributed by atoms with Crippen LogP contribution in [0.5, 0.6) is 0 Å². The largest absolute Gasteiger partial charge is 0.347 e. The third-order valence-electron chi connectivity index (χ3n) is 3.61. The molecule has 0 aliphatic rings. The molecule has 0 radical (unpaired) electrons. The first-order valence-electron chi connectivity index (χ1n) is 7.07. The molecule has 0 spiro atoms. The zero-order valence-corrected chi connectivity index (χ0v) is 12.7. The molecular weight excluding hydrogens is 252 g/mol. The first kappa shape index (κ1) is 14.5. The Labute approximate surface area is 120 Å². The molecule has 0 amide bonds. The molecule has 0 bridgehead atoms. The van der Waals surface area contributed by atoms with E-state index in [9.17, 15) is 0 Å². The zero-order valence-electron chi connectivity index (χ0n) is 11.9. The monoisotopic (exact) mass is 276 g/mol. The molecule has 2 N–H and O–H groups in total. The zero-order chi connectivity index (χ0) is 13.7. The number of hydrogen-bond donors (Lipinski definition) is 1. The Morgan fingerprint density at radius 1 is 1.32 bits per heavy atom. The van der Waals surface area contributed by atoms with Gasteiger partial charge in [-0.05, 0) is 60.4 Å². The number of rotatable bonds is 7. The maximum Gasteiger partial charge on any atom is 0.0480 e. The first-order chi connectivity index (χ1) is 9.24. The van der Waals surface area contributed by atoms with Gasteiger partial charge in [-0.1, -0.05) is 13.0 Å². The van der Waals surface area contributed by atoms with E-state index in [1.54, 1.807) is 0 Å². The normalized spacial score (nSPS) is 13.0. The first-order valence-corrected chi connectivity index (χ1v) is 8.46. The molecule has 2 aromatic rings. The molecule has 3 heteroatoms. The van der Waals surface area contributed by atoms with Crippen LogP contribution in [0.1, 0.15) is 25.3 Å². The van der Waals surface area contributed by atoms with Crippen molar-refractivity contribution < 1.29 is 0 Å². The fraction of sp³-hybridized carbons (Fsp3) is 0.500. The second-order valence-corrected chi connectivity index (χ2v) is 6.11. The molecule has 0 fully saturated rings. The highest BCUT2D eigenvalue weighted by Crippen LogP contribution is 2.19. The van der Waals surface area contributed by atoms with Gasteiger partial charge in [0.1, 0.15) is 0 Å². The van der Waals surface area contributed by atoms with E-state index < -0.39 is 0 Å². The lowest BCUT2D eigenvalue weighted by Gasteiger charge is -2.09. The maximum absolute atomic E-state index is 6.03. The van der Waals surface area contributed by atoms with E-state index in [-0.39, 0.29) is 6.04 Å². The summed E-state index contributed by atoms with van der Waals surface area (Å²) < 4.78 is 2.36. The van der Waals surface area contributed by atoms with Crippen LogP contribution in [0.25, 0.3) is 10.9 Å². The predicted octanol–water partition coefficient (Wildman–Crippen LogP) is 3.67. The van der Waals surface area contributed by atoms with Crippen LogP contribution in [0.15, 0.2) is 30.5 Å². The van der Waals surface area contributed by atoms with Gasteiger partial charge in [-0.25, -0.2) is 0 Å². The van der Waals surface area contributed by atoms with Crippen molar-refractivity contribution in [2.24, 2.45) is 5.73 Å². The minimum Gasteiger partial charge on any atom is -0.347 e. The van der Waals surface area contributed by atoms with Crippen molar-refractivity contribution in [2.45, 2.75) is 38.8 Å². The Morgan fingerprint density at radius 2 is 2.16 bits per heavy atom. The van der Waals surface area contributed by atoms with Crippen LogP contribution in [0.4, 0.5) is 0 Å². The van der Waals surface area contributed by atoms with Gasteiger partial charge in [0, 0.05) is 24.3 Å². The number of benzene rings is 1. The molecule has 0 aliphatic carbocycles. The van der Waals surface area contributed by atoms with Crippen LogP contribution in [-0.2, 0) is 13.0 Å². The molecule has 1 atom stereocenters. The number of fused-ring (bicyclic) bond motifs is 1. The summed E-state index contributed by atoms with van der Waals surface area (Å²) in [6, 6.07) is 9.25. The topological polar surface area (TPSA) is 30.9 Å². The van der Waals surface area contributed by atoms with Crippen LogP contribution >= 0.6 is 11.8 Å². The molecular formula is C16H24N2S. The van der Waals surface area contributed by atoms with Gasteiger partial charge in [-0.2, -0.15) is 11.8 Å². The second-order valence-electron chi connectivity index (χ2n) is 5.12. The summed E-state index contributed by atoms with van der Waals surface area (Å²) in [5.41, 5.74) is 8.72. The lowest BCUT2D eigenvalue weighted by Crippen LogP contribution is -2.21. The predicted molar refractivity (Wildman–Crippen MR) is 86.9 cm³/mol. The average molecular weight is 276 g/mol. The van der Waals surface area contributed by atoms with Crippen LogP contribution in [-0.4, -0.2) is 22.6 Å². The molecule has 0 saturated carbocycles. The standard InChI is InChI=1S/C16H24N2S/c1-3-15(17)12-13-5-6-16-14(11-13)7-9-18(16)8-4-10-19-2/h5-7,9,11,15H,3-4,8,10,12,17H2,1-2H3. The third-order valence-corrected chi connectivity index (χ3v) is 4.30. The lowest BCUT2D eigenvalue weighted by atomic mass is 10.0. The van der Waals surface area contributed by atoms with Gasteiger partial charge in [0.2, 0.25) is 0 Å². The van der Waals surface area contributed by atoms with Crippen molar-refractivity contribution in [3.8, 4) is 0 Å². The summed E-state index contributed by atoms with van der Waals surface area (Å²) in [4.78, 5) is 0. The quantitative estimate of drug-likeness (QED) is 0.782. The van der Waals surface area contributed by atoms with Crippen molar-refractivity contribution in [3.05, 3.63) is 36.0 Å². The van der Waals surface area contributed by atoms with Gasteiger partial charge in [0.05, 0.1) is 0 Å². The molecule has 1 aromatic heterocycles. The van der Waals surface area contributed by atoms with E-state index >= 15 is 0 Å². The number of nitrogens with two attached hydrogens (primary N) is 1. The second kappa shape index (κ2) is 7.01. The Bertz CT molecular complexity index is 518. The number of aryl methyl sites for hydroxylation is 1. The van der Waals surface area contributed by atoms with Crippen LogP contribution in [0.2, 0.25) is 0 Å². The molecule has 1 unspecified atom stereocenters. The minimum absolute atomic E-state index is 0.279. The maximum atomic E-state index is 6.03. The van der Waals surface area contributed by atoms with Crippen molar-refractivity contribution in [2.75, 3.05) is 12.0 Å².